The van der Waals surface area contributed by atoms with Crippen molar-refractivity contribution in [1.29, 1.82) is 0 Å². The van der Waals surface area contributed by atoms with Crippen LogP contribution in [0.1, 0.15) is 44.0 Å². The van der Waals surface area contributed by atoms with Gasteiger partial charge in [-0.05, 0) is 55.2 Å². The van der Waals surface area contributed by atoms with Crippen molar-refractivity contribution < 1.29 is 9.18 Å². The van der Waals surface area contributed by atoms with E-state index in [-0.39, 0.29) is 17.6 Å². The Morgan fingerprint density at radius 1 is 1.12 bits per heavy atom. The Hall–Kier alpha value is -2.23. The van der Waals surface area contributed by atoms with Gasteiger partial charge in [0.25, 0.3) is 0 Å². The molecule has 4 heteroatoms. The summed E-state index contributed by atoms with van der Waals surface area (Å²) in [5, 5.41) is 0. The monoisotopic (exact) mass is 340 g/mol. The molecule has 0 N–H and O–H groups in total. The second-order valence-corrected chi connectivity index (χ2v) is 7.18. The number of amides is 1. The molecule has 1 amide bonds. The van der Waals surface area contributed by atoms with Gasteiger partial charge in [-0.3, -0.25) is 9.78 Å². The van der Waals surface area contributed by atoms with Crippen LogP contribution in [0.2, 0.25) is 0 Å². The third-order valence-electron chi connectivity index (χ3n) is 4.87. The van der Waals surface area contributed by atoms with Crippen LogP contribution in [0.4, 0.5) is 4.39 Å². The van der Waals surface area contributed by atoms with E-state index in [1.54, 1.807) is 12.1 Å². The van der Waals surface area contributed by atoms with E-state index >= 15 is 0 Å². The van der Waals surface area contributed by atoms with Crippen molar-refractivity contribution in [3.63, 3.8) is 0 Å². The fourth-order valence-electron chi connectivity index (χ4n) is 3.47. The Labute approximate surface area is 148 Å². The number of rotatable bonds is 3. The lowest BCUT2D eigenvalue weighted by Crippen LogP contribution is -2.40. The molecule has 132 valence electrons. The van der Waals surface area contributed by atoms with Crippen LogP contribution >= 0.6 is 0 Å². The molecule has 2 heterocycles. The third-order valence-corrected chi connectivity index (χ3v) is 4.87. The first-order valence-electron chi connectivity index (χ1n) is 8.97. The maximum atomic E-state index is 13.2. The van der Waals surface area contributed by atoms with Crippen LogP contribution in [-0.2, 0) is 4.79 Å². The van der Waals surface area contributed by atoms with Gasteiger partial charge in [-0.25, -0.2) is 4.39 Å². The molecule has 25 heavy (non-hydrogen) atoms. The maximum Gasteiger partial charge on any atom is 0.225 e. The molecule has 0 unspecified atom stereocenters. The molecule has 1 aliphatic rings. The lowest BCUT2D eigenvalue weighted by molar-refractivity contribution is -0.135. The van der Waals surface area contributed by atoms with Crippen LogP contribution in [0.15, 0.2) is 36.4 Å². The SMILES string of the molecule is Cc1cc(-c2ccc(F)cc2)cc(C2CCN(C(=O)C(C)C)CC2)n1. The molecular weight excluding hydrogens is 315 g/mol. The second kappa shape index (κ2) is 7.34. The summed E-state index contributed by atoms with van der Waals surface area (Å²) in [5.41, 5.74) is 4.12. The van der Waals surface area contributed by atoms with Crippen molar-refractivity contribution in [3.05, 3.63) is 53.6 Å². The topological polar surface area (TPSA) is 33.2 Å². The number of benzene rings is 1. The van der Waals surface area contributed by atoms with Crippen molar-refractivity contribution in [2.24, 2.45) is 5.92 Å². The molecule has 1 fully saturated rings. The van der Waals surface area contributed by atoms with Gasteiger partial charge in [-0.1, -0.05) is 26.0 Å². The van der Waals surface area contributed by atoms with E-state index in [4.69, 9.17) is 4.98 Å². The van der Waals surface area contributed by atoms with Crippen LogP contribution < -0.4 is 0 Å². The molecule has 2 aromatic rings. The molecule has 0 bridgehead atoms. The summed E-state index contributed by atoms with van der Waals surface area (Å²) in [4.78, 5) is 18.8. The van der Waals surface area contributed by atoms with Crippen molar-refractivity contribution in [1.82, 2.24) is 9.88 Å². The zero-order valence-electron chi connectivity index (χ0n) is 15.1. The quantitative estimate of drug-likeness (QED) is 0.821. The van der Waals surface area contributed by atoms with Crippen molar-refractivity contribution in [3.8, 4) is 11.1 Å². The van der Waals surface area contributed by atoms with Crippen molar-refractivity contribution >= 4 is 5.91 Å². The van der Waals surface area contributed by atoms with E-state index < -0.39 is 0 Å². The van der Waals surface area contributed by atoms with Gasteiger partial charge in [0.2, 0.25) is 5.91 Å². The summed E-state index contributed by atoms with van der Waals surface area (Å²) in [7, 11) is 0. The van der Waals surface area contributed by atoms with Crippen LogP contribution in [0.25, 0.3) is 11.1 Å². The van der Waals surface area contributed by atoms with Gasteiger partial charge in [0.05, 0.1) is 0 Å². The van der Waals surface area contributed by atoms with Gasteiger partial charge in [-0.2, -0.15) is 0 Å². The lowest BCUT2D eigenvalue weighted by atomic mass is 9.90. The number of hydrogen-bond donors (Lipinski definition) is 0. The summed E-state index contributed by atoms with van der Waals surface area (Å²) < 4.78 is 13.2. The highest BCUT2D eigenvalue weighted by Gasteiger charge is 2.26. The van der Waals surface area contributed by atoms with Gasteiger partial charge in [-0.15, -0.1) is 0 Å². The Morgan fingerprint density at radius 3 is 2.36 bits per heavy atom. The number of aromatic nitrogens is 1. The Balaban J connectivity index is 1.77. The van der Waals surface area contributed by atoms with Crippen LogP contribution in [-0.4, -0.2) is 28.9 Å². The van der Waals surface area contributed by atoms with Crippen molar-refractivity contribution in [2.45, 2.75) is 39.5 Å². The minimum atomic E-state index is -0.225. The average molecular weight is 340 g/mol. The predicted octanol–water partition coefficient (Wildman–Crippen LogP) is 4.56. The summed E-state index contributed by atoms with van der Waals surface area (Å²) in [5.74, 6) is 0.439. The number of piperidine rings is 1. The number of likely N-dealkylation sites (tertiary alicyclic amines) is 1. The van der Waals surface area contributed by atoms with Gasteiger partial charge in [0, 0.05) is 36.3 Å². The zero-order valence-corrected chi connectivity index (χ0v) is 15.1. The fourth-order valence-corrected chi connectivity index (χ4v) is 3.47. The highest BCUT2D eigenvalue weighted by atomic mass is 19.1. The number of hydrogen-bond acceptors (Lipinski definition) is 2. The first-order chi connectivity index (χ1) is 11.9. The molecular formula is C21H25FN2O. The Morgan fingerprint density at radius 2 is 1.76 bits per heavy atom. The van der Waals surface area contributed by atoms with E-state index in [2.05, 4.69) is 6.07 Å². The van der Waals surface area contributed by atoms with Gasteiger partial charge in [0.1, 0.15) is 5.82 Å². The standard InChI is InChI=1S/C21H25FN2O/c1-14(2)21(25)24-10-8-17(9-11-24)20-13-18(12-15(3)23-20)16-4-6-19(22)7-5-16/h4-7,12-14,17H,8-11H2,1-3H3. The Kier molecular flexibility index (Phi) is 5.16. The predicted molar refractivity (Wildman–Crippen MR) is 97.8 cm³/mol. The second-order valence-electron chi connectivity index (χ2n) is 7.18. The highest BCUT2D eigenvalue weighted by Crippen LogP contribution is 2.31. The molecule has 1 aromatic carbocycles. The number of carbonyl (C=O) groups is 1. The molecule has 0 radical (unpaired) electrons. The molecule has 1 aliphatic heterocycles. The normalized spacial score (nSPS) is 15.6. The number of halogens is 1. The lowest BCUT2D eigenvalue weighted by Gasteiger charge is -2.33. The summed E-state index contributed by atoms with van der Waals surface area (Å²) in [6.07, 6.45) is 1.88. The first-order valence-corrected chi connectivity index (χ1v) is 8.97. The van der Waals surface area contributed by atoms with E-state index in [1.165, 1.54) is 12.1 Å². The largest absolute Gasteiger partial charge is 0.342 e. The molecule has 3 rings (SSSR count). The Bertz CT molecular complexity index is 747. The summed E-state index contributed by atoms with van der Waals surface area (Å²) >= 11 is 0. The zero-order chi connectivity index (χ0) is 18.0. The molecule has 1 saturated heterocycles. The molecule has 0 saturated carbocycles. The van der Waals surface area contributed by atoms with E-state index in [0.29, 0.717) is 5.92 Å². The molecule has 1 aromatic heterocycles. The van der Waals surface area contributed by atoms with Gasteiger partial charge >= 0.3 is 0 Å². The van der Waals surface area contributed by atoms with Crippen LogP contribution in [0, 0.1) is 18.7 Å². The van der Waals surface area contributed by atoms with E-state index in [9.17, 15) is 9.18 Å². The smallest absolute Gasteiger partial charge is 0.225 e. The van der Waals surface area contributed by atoms with Crippen LogP contribution in [0.3, 0.4) is 0 Å². The van der Waals surface area contributed by atoms with Crippen LogP contribution in [0.5, 0.6) is 0 Å². The highest BCUT2D eigenvalue weighted by molar-refractivity contribution is 5.78. The molecule has 0 spiro atoms. The molecule has 0 aliphatic carbocycles. The average Bonchev–Trinajstić information content (AvgIpc) is 2.61. The molecule has 0 atom stereocenters. The summed E-state index contributed by atoms with van der Waals surface area (Å²) in [6, 6.07) is 10.7. The number of pyridine rings is 1. The summed E-state index contributed by atoms with van der Waals surface area (Å²) in [6.45, 7) is 7.48. The number of aryl methyl sites for hydroxylation is 1. The first kappa shape index (κ1) is 17.6. The number of carbonyl (C=O) groups excluding carboxylic acids is 1. The van der Waals surface area contributed by atoms with E-state index in [0.717, 1.165) is 48.4 Å². The minimum Gasteiger partial charge on any atom is -0.342 e. The number of nitrogens with zero attached hydrogens (tertiary/aromatic N) is 2. The fraction of sp³-hybridized carbons (Fsp3) is 0.429. The minimum absolute atomic E-state index is 0.0544. The van der Waals surface area contributed by atoms with Gasteiger partial charge < -0.3 is 4.90 Å². The van der Waals surface area contributed by atoms with Crippen molar-refractivity contribution in [2.75, 3.05) is 13.1 Å². The third kappa shape index (κ3) is 4.06. The van der Waals surface area contributed by atoms with E-state index in [1.807, 2.05) is 31.7 Å². The maximum absolute atomic E-state index is 13.2. The molecule has 3 nitrogen and oxygen atoms in total. The van der Waals surface area contributed by atoms with Gasteiger partial charge in [0.15, 0.2) is 0 Å².